The van der Waals surface area contributed by atoms with E-state index >= 15 is 0 Å². The highest BCUT2D eigenvalue weighted by atomic mass is 32.2. The average molecular weight is 404 g/mol. The van der Waals surface area contributed by atoms with E-state index in [0.29, 0.717) is 6.54 Å². The smallest absolute Gasteiger partial charge is 0.228 e. The molecule has 2 aromatic rings. The summed E-state index contributed by atoms with van der Waals surface area (Å²) in [6.45, 7) is 9.47. The van der Waals surface area contributed by atoms with Crippen LogP contribution in [0.15, 0.2) is 41.7 Å². The molecule has 1 aliphatic rings. The Bertz CT molecular complexity index is 855. The fourth-order valence-electron chi connectivity index (χ4n) is 3.66. The molecule has 1 fully saturated rings. The van der Waals surface area contributed by atoms with Crippen molar-refractivity contribution in [3.63, 3.8) is 0 Å². The zero-order valence-electron chi connectivity index (χ0n) is 17.3. The van der Waals surface area contributed by atoms with Crippen LogP contribution in [0.25, 0.3) is 0 Å². The second kappa shape index (κ2) is 9.23. The summed E-state index contributed by atoms with van der Waals surface area (Å²) in [7, 11) is -3.41. The number of hydrogen-bond donors (Lipinski definition) is 0. The summed E-state index contributed by atoms with van der Waals surface area (Å²) in [6.07, 6.45) is 5.50. The minimum atomic E-state index is -3.41. The number of aromatic nitrogens is 2. The van der Waals surface area contributed by atoms with E-state index in [4.69, 9.17) is 0 Å². The van der Waals surface area contributed by atoms with Gasteiger partial charge < -0.3 is 4.57 Å². The number of hydrogen-bond acceptors (Lipinski definition) is 4. The van der Waals surface area contributed by atoms with Crippen molar-refractivity contribution in [3.05, 3.63) is 47.8 Å². The summed E-state index contributed by atoms with van der Waals surface area (Å²) in [6, 6.07) is 10.0. The van der Waals surface area contributed by atoms with Crippen molar-refractivity contribution in [1.29, 1.82) is 0 Å². The van der Waals surface area contributed by atoms with E-state index in [9.17, 15) is 8.42 Å². The first kappa shape index (κ1) is 21.1. The monoisotopic (exact) mass is 403 g/mol. The lowest BCUT2D eigenvalue weighted by Gasteiger charge is -2.22. The van der Waals surface area contributed by atoms with Gasteiger partial charge in [0.2, 0.25) is 15.0 Å². The summed E-state index contributed by atoms with van der Waals surface area (Å²) >= 11 is 0. The summed E-state index contributed by atoms with van der Waals surface area (Å²) < 4.78 is 27.9. The van der Waals surface area contributed by atoms with Crippen LogP contribution in [-0.2, 0) is 22.9 Å². The van der Waals surface area contributed by atoms with Crippen LogP contribution in [-0.4, -0.2) is 41.7 Å². The van der Waals surface area contributed by atoms with E-state index in [1.165, 1.54) is 12.8 Å². The summed E-state index contributed by atoms with van der Waals surface area (Å²) in [4.78, 5) is 6.85. The fourth-order valence-corrected chi connectivity index (χ4v) is 5.42. The zero-order valence-corrected chi connectivity index (χ0v) is 18.2. The van der Waals surface area contributed by atoms with Gasteiger partial charge in [0, 0.05) is 13.1 Å². The highest BCUT2D eigenvalue weighted by Gasteiger charge is 2.27. The molecule has 3 rings (SSSR count). The Balaban J connectivity index is 1.92. The van der Waals surface area contributed by atoms with Gasteiger partial charge in [-0.2, -0.15) is 0 Å². The van der Waals surface area contributed by atoms with Gasteiger partial charge in [-0.25, -0.2) is 13.4 Å². The lowest BCUT2D eigenvalue weighted by atomic mass is 10.2. The van der Waals surface area contributed by atoms with E-state index in [2.05, 4.69) is 16.8 Å². The maximum atomic E-state index is 13.0. The third kappa shape index (κ3) is 5.67. The fraction of sp³-hybridized carbons (Fsp3) is 0.591. The quantitative estimate of drug-likeness (QED) is 0.569. The molecule has 1 aromatic heterocycles. The van der Waals surface area contributed by atoms with Crippen LogP contribution in [0, 0.1) is 11.8 Å². The molecule has 1 aliphatic carbocycles. The number of imidazole rings is 1. The molecule has 5 nitrogen and oxygen atoms in total. The number of benzene rings is 1. The minimum absolute atomic E-state index is 0.0711. The first-order valence-electron chi connectivity index (χ1n) is 10.4. The highest BCUT2D eigenvalue weighted by molar-refractivity contribution is 7.91. The zero-order chi connectivity index (χ0) is 20.1. The third-order valence-electron chi connectivity index (χ3n) is 5.05. The lowest BCUT2D eigenvalue weighted by Crippen LogP contribution is -2.28. The molecule has 154 valence electrons. The molecule has 1 heterocycles. The molecular formula is C22H33N3O2S. The second-order valence-corrected chi connectivity index (χ2v) is 10.4. The van der Waals surface area contributed by atoms with Gasteiger partial charge >= 0.3 is 0 Å². The molecule has 0 amide bonds. The standard InChI is InChI=1S/C22H33N3O2S/c1-4-12-24(14-20-10-11-20)16-21-13-23-22(28(26,27)17-18(2)3)25(21)15-19-8-6-5-7-9-19/h5-9,13,18,20H,4,10-12,14-17H2,1-3H3. The molecule has 0 aliphatic heterocycles. The molecule has 0 saturated heterocycles. The van der Waals surface area contributed by atoms with E-state index in [1.807, 2.05) is 48.7 Å². The minimum Gasteiger partial charge on any atom is -0.313 e. The van der Waals surface area contributed by atoms with Gasteiger partial charge in [0.05, 0.1) is 24.2 Å². The Morgan fingerprint density at radius 1 is 1.21 bits per heavy atom. The lowest BCUT2D eigenvalue weighted by molar-refractivity contribution is 0.248. The van der Waals surface area contributed by atoms with Gasteiger partial charge in [0.25, 0.3) is 0 Å². The Kier molecular flexibility index (Phi) is 6.94. The van der Waals surface area contributed by atoms with Crippen molar-refractivity contribution in [2.45, 2.75) is 58.3 Å². The van der Waals surface area contributed by atoms with E-state index in [1.54, 1.807) is 6.20 Å². The normalized spacial score (nSPS) is 14.9. The van der Waals surface area contributed by atoms with Gasteiger partial charge in [-0.15, -0.1) is 0 Å². The number of nitrogens with zero attached hydrogens (tertiary/aromatic N) is 3. The van der Waals surface area contributed by atoms with E-state index in [0.717, 1.165) is 43.2 Å². The van der Waals surface area contributed by atoms with E-state index in [-0.39, 0.29) is 16.8 Å². The van der Waals surface area contributed by atoms with Crippen LogP contribution in [0.4, 0.5) is 0 Å². The predicted molar refractivity (Wildman–Crippen MR) is 113 cm³/mol. The van der Waals surface area contributed by atoms with Gasteiger partial charge in [0.1, 0.15) is 0 Å². The Morgan fingerprint density at radius 3 is 2.54 bits per heavy atom. The summed E-state index contributed by atoms with van der Waals surface area (Å²) in [5.41, 5.74) is 2.08. The first-order valence-corrected chi connectivity index (χ1v) is 12.1. The molecular weight excluding hydrogens is 370 g/mol. The number of sulfone groups is 1. The second-order valence-electron chi connectivity index (χ2n) is 8.46. The SMILES string of the molecule is CCCN(Cc1cnc(S(=O)(=O)CC(C)C)n1Cc1ccccc1)CC1CC1. The van der Waals surface area contributed by atoms with Crippen LogP contribution >= 0.6 is 0 Å². The average Bonchev–Trinajstić information content (AvgIpc) is 3.35. The molecule has 0 spiro atoms. The number of rotatable bonds is 11. The Hall–Kier alpha value is -1.66. The molecule has 0 radical (unpaired) electrons. The van der Waals surface area contributed by atoms with Crippen LogP contribution in [0.2, 0.25) is 0 Å². The van der Waals surface area contributed by atoms with Gasteiger partial charge in [-0.05, 0) is 43.2 Å². The molecule has 28 heavy (non-hydrogen) atoms. The third-order valence-corrected chi connectivity index (χ3v) is 7.04. The Morgan fingerprint density at radius 2 is 1.93 bits per heavy atom. The first-order chi connectivity index (χ1) is 13.4. The van der Waals surface area contributed by atoms with Crippen LogP contribution in [0.3, 0.4) is 0 Å². The van der Waals surface area contributed by atoms with Crippen molar-refractivity contribution in [1.82, 2.24) is 14.5 Å². The molecule has 0 unspecified atom stereocenters. The molecule has 0 bridgehead atoms. The molecule has 0 atom stereocenters. The van der Waals surface area contributed by atoms with Crippen molar-refractivity contribution in [2.75, 3.05) is 18.8 Å². The van der Waals surface area contributed by atoms with Crippen molar-refractivity contribution in [2.24, 2.45) is 11.8 Å². The molecule has 1 saturated carbocycles. The largest absolute Gasteiger partial charge is 0.313 e. The topological polar surface area (TPSA) is 55.2 Å². The van der Waals surface area contributed by atoms with Gasteiger partial charge in [-0.3, -0.25) is 4.90 Å². The maximum Gasteiger partial charge on any atom is 0.228 e. The van der Waals surface area contributed by atoms with Crippen LogP contribution < -0.4 is 0 Å². The van der Waals surface area contributed by atoms with E-state index < -0.39 is 9.84 Å². The van der Waals surface area contributed by atoms with Crippen LogP contribution in [0.1, 0.15) is 51.3 Å². The van der Waals surface area contributed by atoms with Crippen molar-refractivity contribution < 1.29 is 8.42 Å². The molecule has 0 N–H and O–H groups in total. The van der Waals surface area contributed by atoms with Gasteiger partial charge in [-0.1, -0.05) is 51.1 Å². The van der Waals surface area contributed by atoms with Gasteiger partial charge in [0.15, 0.2) is 0 Å². The predicted octanol–water partition coefficient (Wildman–Crippen LogP) is 3.98. The molecule has 6 heteroatoms. The highest BCUT2D eigenvalue weighted by Crippen LogP contribution is 2.30. The van der Waals surface area contributed by atoms with Crippen molar-refractivity contribution in [3.8, 4) is 0 Å². The summed E-state index contributed by atoms with van der Waals surface area (Å²) in [5, 5.41) is 0.211. The molecule has 1 aromatic carbocycles. The van der Waals surface area contributed by atoms with Crippen LogP contribution in [0.5, 0.6) is 0 Å². The Labute approximate surface area is 169 Å². The maximum absolute atomic E-state index is 13.0. The van der Waals surface area contributed by atoms with Crippen molar-refractivity contribution >= 4 is 9.84 Å². The summed E-state index contributed by atoms with van der Waals surface area (Å²) in [5.74, 6) is 1.00.